The van der Waals surface area contributed by atoms with Crippen LogP contribution in [-0.4, -0.2) is 38.3 Å². The SMILES string of the molecule is CNCCC(=O)NC1C2CCOC2C1(C)C.Cl. The van der Waals surface area contributed by atoms with Crippen molar-refractivity contribution < 1.29 is 9.53 Å². The summed E-state index contributed by atoms with van der Waals surface area (Å²) in [6.07, 6.45) is 1.99. The van der Waals surface area contributed by atoms with Gasteiger partial charge in [0.2, 0.25) is 5.91 Å². The van der Waals surface area contributed by atoms with Crippen LogP contribution in [0.2, 0.25) is 0 Å². The topological polar surface area (TPSA) is 50.4 Å². The van der Waals surface area contributed by atoms with Gasteiger partial charge in [-0.3, -0.25) is 4.79 Å². The van der Waals surface area contributed by atoms with Crippen LogP contribution in [0, 0.1) is 11.3 Å². The average Bonchev–Trinajstić information content (AvgIpc) is 2.69. The molecule has 1 amide bonds. The van der Waals surface area contributed by atoms with Crippen LogP contribution in [0.25, 0.3) is 0 Å². The molecule has 0 aromatic rings. The first-order valence-corrected chi connectivity index (χ1v) is 6.13. The van der Waals surface area contributed by atoms with Gasteiger partial charge < -0.3 is 15.4 Å². The van der Waals surface area contributed by atoms with E-state index in [2.05, 4.69) is 24.5 Å². The fourth-order valence-corrected chi connectivity index (χ4v) is 3.10. The van der Waals surface area contributed by atoms with Gasteiger partial charge in [0.15, 0.2) is 0 Å². The maximum atomic E-state index is 11.7. The number of carbonyl (C=O) groups is 1. The number of halogens is 1. The summed E-state index contributed by atoms with van der Waals surface area (Å²) >= 11 is 0. The summed E-state index contributed by atoms with van der Waals surface area (Å²) in [5.41, 5.74) is 0.0937. The van der Waals surface area contributed by atoms with Crippen LogP contribution in [0.4, 0.5) is 0 Å². The molecule has 0 bridgehead atoms. The highest BCUT2D eigenvalue weighted by atomic mass is 35.5. The Morgan fingerprint density at radius 2 is 2.18 bits per heavy atom. The molecule has 1 aliphatic carbocycles. The molecule has 100 valence electrons. The highest BCUT2D eigenvalue weighted by Crippen LogP contribution is 2.52. The Labute approximate surface area is 109 Å². The smallest absolute Gasteiger partial charge is 0.221 e. The lowest BCUT2D eigenvalue weighted by atomic mass is 9.57. The van der Waals surface area contributed by atoms with Gasteiger partial charge in [0.25, 0.3) is 0 Å². The van der Waals surface area contributed by atoms with Gasteiger partial charge in [0.05, 0.1) is 6.10 Å². The zero-order chi connectivity index (χ0) is 11.8. The van der Waals surface area contributed by atoms with Crippen molar-refractivity contribution >= 4 is 18.3 Å². The molecule has 4 nitrogen and oxygen atoms in total. The van der Waals surface area contributed by atoms with Crippen molar-refractivity contribution in [2.45, 2.75) is 38.8 Å². The van der Waals surface area contributed by atoms with Crippen molar-refractivity contribution in [1.29, 1.82) is 0 Å². The molecule has 3 unspecified atom stereocenters. The molecule has 17 heavy (non-hydrogen) atoms. The largest absolute Gasteiger partial charge is 0.377 e. The van der Waals surface area contributed by atoms with Crippen molar-refractivity contribution in [3.8, 4) is 0 Å². The zero-order valence-corrected chi connectivity index (χ0v) is 11.6. The number of hydrogen-bond donors (Lipinski definition) is 2. The van der Waals surface area contributed by atoms with E-state index in [1.807, 2.05) is 7.05 Å². The molecule has 2 N–H and O–H groups in total. The van der Waals surface area contributed by atoms with Crippen LogP contribution < -0.4 is 10.6 Å². The third kappa shape index (κ3) is 2.59. The van der Waals surface area contributed by atoms with Crippen LogP contribution in [-0.2, 0) is 9.53 Å². The molecule has 5 heteroatoms. The monoisotopic (exact) mass is 262 g/mol. The maximum Gasteiger partial charge on any atom is 0.221 e. The third-order valence-corrected chi connectivity index (χ3v) is 4.02. The molecular formula is C12H23ClN2O2. The van der Waals surface area contributed by atoms with E-state index in [1.165, 1.54) is 0 Å². The van der Waals surface area contributed by atoms with Crippen LogP contribution in [0.3, 0.4) is 0 Å². The molecule has 3 atom stereocenters. The minimum atomic E-state index is 0. The lowest BCUT2D eigenvalue weighted by Gasteiger charge is -2.54. The minimum absolute atomic E-state index is 0. The predicted molar refractivity (Wildman–Crippen MR) is 69.4 cm³/mol. The van der Waals surface area contributed by atoms with Crippen LogP contribution >= 0.6 is 12.4 Å². The van der Waals surface area contributed by atoms with Gasteiger partial charge in [0, 0.05) is 36.9 Å². The first-order chi connectivity index (χ1) is 7.57. The fraction of sp³-hybridized carbons (Fsp3) is 0.917. The standard InChI is InChI=1S/C12H22N2O2.ClH/c1-12(2)10(8-5-7-16-11(8)12)14-9(15)4-6-13-3;/h8,10-11,13H,4-7H2,1-3H3,(H,14,15);1H. The fourth-order valence-electron chi connectivity index (χ4n) is 3.10. The van der Waals surface area contributed by atoms with E-state index in [0.717, 1.165) is 19.6 Å². The predicted octanol–water partition coefficient (Wildman–Crippen LogP) is 0.947. The first kappa shape index (κ1) is 14.7. The van der Waals surface area contributed by atoms with Gasteiger partial charge >= 0.3 is 0 Å². The van der Waals surface area contributed by atoms with Gasteiger partial charge in [-0.25, -0.2) is 0 Å². The summed E-state index contributed by atoms with van der Waals surface area (Å²) < 4.78 is 5.70. The molecule has 0 aromatic carbocycles. The Bertz CT molecular complexity index is 284. The molecular weight excluding hydrogens is 240 g/mol. The Hall–Kier alpha value is -0.320. The number of ether oxygens (including phenoxy) is 1. The van der Waals surface area contributed by atoms with Crippen LogP contribution in [0.1, 0.15) is 26.7 Å². The lowest BCUT2D eigenvalue weighted by Crippen LogP contribution is -2.66. The van der Waals surface area contributed by atoms with E-state index < -0.39 is 0 Å². The normalized spacial score (nSPS) is 33.2. The molecule has 2 aliphatic rings. The number of amides is 1. The summed E-state index contributed by atoms with van der Waals surface area (Å²) in [5, 5.41) is 6.14. The number of carbonyl (C=O) groups excluding carboxylic acids is 1. The first-order valence-electron chi connectivity index (χ1n) is 6.13. The number of nitrogens with one attached hydrogen (secondary N) is 2. The summed E-state index contributed by atoms with van der Waals surface area (Å²) in [6, 6.07) is 0.296. The van der Waals surface area contributed by atoms with Crippen molar-refractivity contribution in [2.75, 3.05) is 20.2 Å². The summed E-state index contributed by atoms with van der Waals surface area (Å²) in [6.45, 7) is 5.95. The van der Waals surface area contributed by atoms with Gasteiger partial charge in [-0.2, -0.15) is 0 Å². The maximum absolute atomic E-state index is 11.7. The highest BCUT2D eigenvalue weighted by molar-refractivity contribution is 5.85. The van der Waals surface area contributed by atoms with Crippen LogP contribution in [0.15, 0.2) is 0 Å². The number of hydrogen-bond acceptors (Lipinski definition) is 3. The Balaban J connectivity index is 0.00000144. The minimum Gasteiger partial charge on any atom is -0.377 e. The molecule has 1 aliphatic heterocycles. The molecule has 0 spiro atoms. The van der Waals surface area contributed by atoms with Gasteiger partial charge in [-0.15, -0.1) is 12.4 Å². The van der Waals surface area contributed by atoms with Crippen LogP contribution in [0.5, 0.6) is 0 Å². The summed E-state index contributed by atoms with van der Waals surface area (Å²) in [4.78, 5) is 11.7. The molecule has 2 rings (SSSR count). The summed E-state index contributed by atoms with van der Waals surface area (Å²) in [5.74, 6) is 0.686. The molecule has 2 fully saturated rings. The quantitative estimate of drug-likeness (QED) is 0.793. The Morgan fingerprint density at radius 1 is 1.47 bits per heavy atom. The van der Waals surface area contributed by atoms with Gasteiger partial charge in [-0.05, 0) is 13.5 Å². The second kappa shape index (κ2) is 5.55. The van der Waals surface area contributed by atoms with E-state index in [4.69, 9.17) is 4.74 Å². The van der Waals surface area contributed by atoms with Crippen molar-refractivity contribution in [2.24, 2.45) is 11.3 Å². The Morgan fingerprint density at radius 3 is 2.82 bits per heavy atom. The average molecular weight is 263 g/mol. The second-order valence-corrected chi connectivity index (χ2v) is 5.46. The van der Waals surface area contributed by atoms with Gasteiger partial charge in [0.1, 0.15) is 0 Å². The molecule has 1 saturated heterocycles. The summed E-state index contributed by atoms with van der Waals surface area (Å²) in [7, 11) is 1.86. The number of rotatable bonds is 4. The molecule has 0 aromatic heterocycles. The molecule has 1 saturated carbocycles. The third-order valence-electron chi connectivity index (χ3n) is 4.02. The number of fused-ring (bicyclic) bond motifs is 1. The second-order valence-electron chi connectivity index (χ2n) is 5.46. The van der Waals surface area contributed by atoms with Crippen molar-refractivity contribution in [1.82, 2.24) is 10.6 Å². The van der Waals surface area contributed by atoms with E-state index >= 15 is 0 Å². The Kier molecular flexibility index (Phi) is 4.81. The van der Waals surface area contributed by atoms with E-state index in [0.29, 0.717) is 24.5 Å². The van der Waals surface area contributed by atoms with E-state index in [9.17, 15) is 4.79 Å². The van der Waals surface area contributed by atoms with Gasteiger partial charge in [-0.1, -0.05) is 13.8 Å². The lowest BCUT2D eigenvalue weighted by molar-refractivity contribution is -0.137. The molecule has 0 radical (unpaired) electrons. The van der Waals surface area contributed by atoms with Crippen molar-refractivity contribution in [3.05, 3.63) is 0 Å². The van der Waals surface area contributed by atoms with E-state index in [1.54, 1.807) is 0 Å². The molecule has 1 heterocycles. The van der Waals surface area contributed by atoms with E-state index in [-0.39, 0.29) is 23.7 Å². The van der Waals surface area contributed by atoms with Crippen molar-refractivity contribution in [3.63, 3.8) is 0 Å². The highest BCUT2D eigenvalue weighted by Gasteiger charge is 2.59. The zero-order valence-electron chi connectivity index (χ0n) is 10.8.